The molecule has 0 aromatic rings. The largest absolute Gasteiger partial charge is 0.356 e. The molecule has 1 heterocycles. The van der Waals surface area contributed by atoms with Gasteiger partial charge in [0.05, 0.1) is 0 Å². The second kappa shape index (κ2) is 43.5. The second-order valence-electron chi connectivity index (χ2n) is 18.2. The van der Waals surface area contributed by atoms with Crippen LogP contribution in [0.4, 0.5) is 0 Å². The molecule has 54 heavy (non-hydrogen) atoms. The van der Waals surface area contributed by atoms with E-state index < -0.39 is 0 Å². The van der Waals surface area contributed by atoms with Crippen LogP contribution in [0.25, 0.3) is 0 Å². The zero-order valence-corrected chi connectivity index (χ0v) is 38.2. The molecule has 2 heteroatoms. The Hall–Kier alpha value is -0.660. The third kappa shape index (κ3) is 34.6. The van der Waals surface area contributed by atoms with Gasteiger partial charge in [-0.3, -0.25) is 0 Å². The summed E-state index contributed by atoms with van der Waals surface area (Å²) in [5.74, 6) is 0. The van der Waals surface area contributed by atoms with Crippen LogP contribution in [0.2, 0.25) is 0 Å². The SMILES string of the molecule is CCCCCCCCCCCCCCCCCCCC1N(CCCCCCCCCCCCCCC)C=CN1CCCCCCCCCCCCCCC. The minimum absolute atomic E-state index is 0.635. The topological polar surface area (TPSA) is 6.48 Å². The van der Waals surface area contributed by atoms with Crippen LogP contribution in [-0.4, -0.2) is 29.1 Å². The van der Waals surface area contributed by atoms with Crippen LogP contribution in [0.1, 0.15) is 303 Å². The quantitative estimate of drug-likeness (QED) is 0.0571. The van der Waals surface area contributed by atoms with Crippen molar-refractivity contribution in [2.75, 3.05) is 13.1 Å². The number of rotatable bonds is 46. The van der Waals surface area contributed by atoms with Crippen molar-refractivity contribution in [2.24, 2.45) is 0 Å². The predicted molar refractivity (Wildman–Crippen MR) is 247 cm³/mol. The summed E-state index contributed by atoms with van der Waals surface area (Å²) in [5.41, 5.74) is 0. The molecule has 0 radical (unpaired) electrons. The average Bonchev–Trinajstić information content (AvgIpc) is 3.57. The van der Waals surface area contributed by atoms with E-state index in [2.05, 4.69) is 43.0 Å². The lowest BCUT2D eigenvalue weighted by Gasteiger charge is -2.33. The molecular formula is C52H104N2. The van der Waals surface area contributed by atoms with E-state index >= 15 is 0 Å². The molecule has 0 N–H and O–H groups in total. The van der Waals surface area contributed by atoms with Gasteiger partial charge in [0.25, 0.3) is 0 Å². The van der Waals surface area contributed by atoms with E-state index in [4.69, 9.17) is 0 Å². The molecule has 0 spiro atoms. The van der Waals surface area contributed by atoms with Crippen molar-refractivity contribution in [1.29, 1.82) is 0 Å². The minimum Gasteiger partial charge on any atom is -0.356 e. The van der Waals surface area contributed by atoms with Crippen molar-refractivity contribution in [2.45, 2.75) is 309 Å². The highest BCUT2D eigenvalue weighted by molar-refractivity contribution is 4.97. The zero-order valence-electron chi connectivity index (χ0n) is 38.2. The van der Waals surface area contributed by atoms with Crippen LogP contribution < -0.4 is 0 Å². The Balaban J connectivity index is 2.19. The monoisotopic (exact) mass is 757 g/mol. The summed E-state index contributed by atoms with van der Waals surface area (Å²) in [6, 6.07) is 0. The molecule has 0 aliphatic carbocycles. The molecule has 0 amide bonds. The van der Waals surface area contributed by atoms with E-state index in [1.54, 1.807) is 0 Å². The Labute approximate surface area is 343 Å². The standard InChI is InChI=1S/C52H104N2/c1-4-7-10-13-16-19-22-25-26-27-28-29-32-35-38-41-44-47-52-53(48-45-42-39-36-33-30-23-20-17-14-11-8-5-2)50-51-54(52)49-46-43-40-37-34-31-24-21-18-15-12-9-6-3/h50-52H,4-49H2,1-3H3. The summed E-state index contributed by atoms with van der Waals surface area (Å²) in [4.78, 5) is 5.49. The molecule has 0 aromatic heterocycles. The van der Waals surface area contributed by atoms with Gasteiger partial charge in [-0.05, 0) is 25.7 Å². The Morgan fingerprint density at radius 1 is 0.241 bits per heavy atom. The van der Waals surface area contributed by atoms with Crippen LogP contribution >= 0.6 is 0 Å². The van der Waals surface area contributed by atoms with Crippen LogP contribution in [0.3, 0.4) is 0 Å². The van der Waals surface area contributed by atoms with Gasteiger partial charge in [-0.2, -0.15) is 0 Å². The van der Waals surface area contributed by atoms with Crippen LogP contribution in [0.5, 0.6) is 0 Å². The van der Waals surface area contributed by atoms with Gasteiger partial charge >= 0.3 is 0 Å². The van der Waals surface area contributed by atoms with E-state index in [9.17, 15) is 0 Å². The number of nitrogens with zero attached hydrogens (tertiary/aromatic N) is 2. The Morgan fingerprint density at radius 3 is 0.648 bits per heavy atom. The van der Waals surface area contributed by atoms with Crippen molar-refractivity contribution in [3.8, 4) is 0 Å². The number of hydrogen-bond donors (Lipinski definition) is 0. The fourth-order valence-corrected chi connectivity index (χ4v) is 9.02. The van der Waals surface area contributed by atoms with Gasteiger partial charge in [-0.1, -0.05) is 278 Å². The van der Waals surface area contributed by atoms with Crippen LogP contribution in [0.15, 0.2) is 12.4 Å². The van der Waals surface area contributed by atoms with Crippen molar-refractivity contribution < 1.29 is 0 Å². The maximum Gasteiger partial charge on any atom is 0.101 e. The molecule has 0 unspecified atom stereocenters. The summed E-state index contributed by atoms with van der Waals surface area (Å²) >= 11 is 0. The van der Waals surface area contributed by atoms with Crippen molar-refractivity contribution >= 4 is 0 Å². The lowest BCUT2D eigenvalue weighted by Crippen LogP contribution is -2.39. The van der Waals surface area contributed by atoms with Crippen molar-refractivity contribution in [3.63, 3.8) is 0 Å². The lowest BCUT2D eigenvalue weighted by atomic mass is 10.0. The Kier molecular flexibility index (Phi) is 41.3. The summed E-state index contributed by atoms with van der Waals surface area (Å²) in [6.45, 7) is 9.50. The summed E-state index contributed by atoms with van der Waals surface area (Å²) < 4.78 is 0. The fourth-order valence-electron chi connectivity index (χ4n) is 9.02. The highest BCUT2D eigenvalue weighted by Gasteiger charge is 2.25. The first-order valence-corrected chi connectivity index (χ1v) is 26.0. The van der Waals surface area contributed by atoms with Crippen LogP contribution in [0, 0.1) is 0 Å². The molecule has 322 valence electrons. The molecule has 0 fully saturated rings. The predicted octanol–water partition coefficient (Wildman–Crippen LogP) is 18.6. The molecule has 0 atom stereocenters. The van der Waals surface area contributed by atoms with Gasteiger partial charge < -0.3 is 9.80 Å². The van der Waals surface area contributed by atoms with Gasteiger partial charge in [0.2, 0.25) is 0 Å². The maximum atomic E-state index is 2.74. The first-order valence-electron chi connectivity index (χ1n) is 26.0. The first-order chi connectivity index (χ1) is 26.8. The molecule has 0 saturated heterocycles. The first kappa shape index (κ1) is 51.4. The summed E-state index contributed by atoms with van der Waals surface area (Å²) in [7, 11) is 0. The van der Waals surface area contributed by atoms with Gasteiger partial charge in [0, 0.05) is 25.5 Å². The van der Waals surface area contributed by atoms with E-state index in [0.29, 0.717) is 6.17 Å². The van der Waals surface area contributed by atoms with E-state index in [1.807, 2.05) is 0 Å². The van der Waals surface area contributed by atoms with Gasteiger partial charge in [0.1, 0.15) is 6.17 Å². The van der Waals surface area contributed by atoms with E-state index in [0.717, 1.165) is 0 Å². The smallest absolute Gasteiger partial charge is 0.101 e. The third-order valence-electron chi connectivity index (χ3n) is 12.8. The summed E-state index contributed by atoms with van der Waals surface area (Å²) in [6.07, 6.45) is 69.4. The van der Waals surface area contributed by atoms with Gasteiger partial charge in [0.15, 0.2) is 0 Å². The Bertz CT molecular complexity index is 677. The number of hydrogen-bond acceptors (Lipinski definition) is 2. The fraction of sp³-hybridized carbons (Fsp3) is 0.962. The molecule has 1 aliphatic heterocycles. The van der Waals surface area contributed by atoms with E-state index in [-0.39, 0.29) is 0 Å². The molecule has 0 bridgehead atoms. The normalized spacial score (nSPS) is 13.3. The lowest BCUT2D eigenvalue weighted by molar-refractivity contribution is 0.135. The molecule has 0 saturated carbocycles. The maximum absolute atomic E-state index is 2.74. The van der Waals surface area contributed by atoms with Gasteiger partial charge in [-0.15, -0.1) is 0 Å². The van der Waals surface area contributed by atoms with Crippen molar-refractivity contribution in [1.82, 2.24) is 9.80 Å². The third-order valence-corrected chi connectivity index (χ3v) is 12.8. The highest BCUT2D eigenvalue weighted by Crippen LogP contribution is 2.24. The van der Waals surface area contributed by atoms with Crippen LogP contribution in [-0.2, 0) is 0 Å². The van der Waals surface area contributed by atoms with Crippen molar-refractivity contribution in [3.05, 3.63) is 12.4 Å². The molecular weight excluding hydrogens is 653 g/mol. The average molecular weight is 757 g/mol. The highest BCUT2D eigenvalue weighted by atomic mass is 15.4. The molecule has 1 rings (SSSR count). The summed E-state index contributed by atoms with van der Waals surface area (Å²) in [5, 5.41) is 0. The molecule has 0 aromatic carbocycles. The second-order valence-corrected chi connectivity index (χ2v) is 18.2. The number of unbranched alkanes of at least 4 members (excludes halogenated alkanes) is 40. The Morgan fingerprint density at radius 2 is 0.426 bits per heavy atom. The van der Waals surface area contributed by atoms with E-state index in [1.165, 1.54) is 296 Å². The minimum atomic E-state index is 0.635. The zero-order chi connectivity index (χ0) is 38.7. The van der Waals surface area contributed by atoms with Gasteiger partial charge in [-0.25, -0.2) is 0 Å². The molecule has 1 aliphatic rings. The molecule has 2 nitrogen and oxygen atoms in total.